The van der Waals surface area contributed by atoms with E-state index in [-0.39, 0.29) is 21.4 Å². The fraction of sp³-hybridized carbons (Fsp3) is 0.222. The molecule has 9 heteroatoms. The summed E-state index contributed by atoms with van der Waals surface area (Å²) in [6, 6.07) is 17.3. The molecule has 0 N–H and O–H groups in total. The first kappa shape index (κ1) is 24.4. The Bertz CT molecular complexity index is 1670. The van der Waals surface area contributed by atoms with Gasteiger partial charge in [-0.3, -0.25) is 0 Å². The Morgan fingerprint density at radius 1 is 0.944 bits per heavy atom. The first-order valence-corrected chi connectivity index (χ1v) is 15.0. The molecular weight excluding hydrogens is 499 g/mol. The predicted molar refractivity (Wildman–Crippen MR) is 137 cm³/mol. The van der Waals surface area contributed by atoms with Crippen LogP contribution in [0.3, 0.4) is 0 Å². The van der Waals surface area contributed by atoms with E-state index in [9.17, 15) is 21.2 Å². The van der Waals surface area contributed by atoms with Crippen LogP contribution in [0.4, 0.5) is 4.39 Å². The van der Waals surface area contributed by atoms with Crippen LogP contribution in [0.25, 0.3) is 16.6 Å². The van der Waals surface area contributed by atoms with Crippen molar-refractivity contribution in [1.82, 2.24) is 8.96 Å². The molecule has 2 heterocycles. The van der Waals surface area contributed by atoms with Crippen LogP contribution >= 0.6 is 0 Å². The largest absolute Gasteiger partial charge is 0.269 e. The maximum atomic E-state index is 14.1. The van der Waals surface area contributed by atoms with Gasteiger partial charge in [0.2, 0.25) is 0 Å². The number of fused-ring (bicyclic) bond motifs is 1. The SMILES string of the molecule is CS(=O)(=O)c1ccc(C(=CC2CCCC2)c2cc3cc(F)cnc3n2S(=O)(=O)c2ccccc2)cc1. The molecule has 1 aliphatic carbocycles. The molecule has 2 aromatic carbocycles. The van der Waals surface area contributed by atoms with E-state index in [1.165, 1.54) is 34.3 Å². The standard InChI is InChI=1S/C27H25FN2O4S2/c1-35(31,32)23-13-11-20(12-14-23)25(15-19-7-5-6-8-19)26-17-21-16-22(28)18-29-27(21)30(26)36(33,34)24-9-3-2-4-10-24/h2-4,9-19H,5-8H2,1H3. The van der Waals surface area contributed by atoms with Gasteiger partial charge in [0, 0.05) is 17.2 Å². The molecule has 0 radical (unpaired) electrons. The summed E-state index contributed by atoms with van der Waals surface area (Å²) in [6.07, 6.45) is 8.32. The molecule has 1 fully saturated rings. The molecule has 5 rings (SSSR count). The van der Waals surface area contributed by atoms with E-state index in [0.717, 1.165) is 38.1 Å². The number of hydrogen-bond donors (Lipinski definition) is 0. The van der Waals surface area contributed by atoms with Crippen LogP contribution in [-0.4, -0.2) is 32.0 Å². The minimum absolute atomic E-state index is 0.0857. The quantitative estimate of drug-likeness (QED) is 0.335. The first-order valence-electron chi connectivity index (χ1n) is 11.6. The van der Waals surface area contributed by atoms with Gasteiger partial charge in [-0.2, -0.15) is 0 Å². The Hall–Kier alpha value is -3.30. The number of pyridine rings is 1. The van der Waals surface area contributed by atoms with Crippen molar-refractivity contribution in [3.05, 3.63) is 96.1 Å². The Morgan fingerprint density at radius 3 is 2.25 bits per heavy atom. The molecule has 1 aliphatic rings. The third-order valence-electron chi connectivity index (χ3n) is 6.52. The monoisotopic (exact) mass is 524 g/mol. The van der Waals surface area contributed by atoms with Gasteiger partial charge in [-0.1, -0.05) is 49.2 Å². The van der Waals surface area contributed by atoms with Crippen molar-refractivity contribution in [1.29, 1.82) is 0 Å². The van der Waals surface area contributed by atoms with Crippen LogP contribution in [0.5, 0.6) is 0 Å². The van der Waals surface area contributed by atoms with E-state index in [2.05, 4.69) is 11.1 Å². The Labute approximate surface area is 210 Å². The van der Waals surface area contributed by atoms with Gasteiger partial charge in [0.05, 0.1) is 21.7 Å². The highest BCUT2D eigenvalue weighted by Crippen LogP contribution is 2.36. The summed E-state index contributed by atoms with van der Waals surface area (Å²) in [6.45, 7) is 0. The molecule has 0 amide bonds. The Morgan fingerprint density at radius 2 is 1.61 bits per heavy atom. The minimum Gasteiger partial charge on any atom is -0.234 e. The number of aromatic nitrogens is 2. The molecule has 6 nitrogen and oxygen atoms in total. The highest BCUT2D eigenvalue weighted by atomic mass is 32.2. The fourth-order valence-corrected chi connectivity index (χ4v) is 6.88. The number of halogens is 1. The lowest BCUT2D eigenvalue weighted by atomic mass is 9.96. The van der Waals surface area contributed by atoms with Crippen molar-refractivity contribution >= 4 is 36.5 Å². The zero-order valence-electron chi connectivity index (χ0n) is 19.6. The maximum absolute atomic E-state index is 14.1. The Kier molecular flexibility index (Phi) is 6.30. The lowest BCUT2D eigenvalue weighted by Crippen LogP contribution is -2.16. The topological polar surface area (TPSA) is 86.1 Å². The molecule has 0 saturated heterocycles. The molecule has 0 unspecified atom stereocenters. The van der Waals surface area contributed by atoms with Crippen LogP contribution in [0.1, 0.15) is 36.9 Å². The molecule has 186 valence electrons. The van der Waals surface area contributed by atoms with E-state index in [4.69, 9.17) is 0 Å². The third-order valence-corrected chi connectivity index (χ3v) is 9.36. The average molecular weight is 525 g/mol. The second kappa shape index (κ2) is 9.29. The van der Waals surface area contributed by atoms with Crippen molar-refractivity contribution in [2.24, 2.45) is 5.92 Å². The van der Waals surface area contributed by atoms with Gasteiger partial charge in [0.15, 0.2) is 15.5 Å². The van der Waals surface area contributed by atoms with Gasteiger partial charge in [-0.05, 0) is 60.7 Å². The van der Waals surface area contributed by atoms with Crippen LogP contribution in [-0.2, 0) is 19.9 Å². The number of allylic oxidation sites excluding steroid dienone is 1. The summed E-state index contributed by atoms with van der Waals surface area (Å²) in [5.41, 5.74) is 1.79. The fourth-order valence-electron chi connectivity index (χ4n) is 4.74. The van der Waals surface area contributed by atoms with Crippen molar-refractivity contribution in [2.75, 3.05) is 6.26 Å². The highest BCUT2D eigenvalue weighted by molar-refractivity contribution is 7.90. The van der Waals surface area contributed by atoms with Gasteiger partial charge in [-0.15, -0.1) is 0 Å². The summed E-state index contributed by atoms with van der Waals surface area (Å²) in [7, 11) is -7.49. The molecule has 0 atom stereocenters. The van der Waals surface area contributed by atoms with Crippen molar-refractivity contribution in [2.45, 2.75) is 35.5 Å². The van der Waals surface area contributed by atoms with Crippen molar-refractivity contribution in [3.8, 4) is 0 Å². The summed E-state index contributed by atoms with van der Waals surface area (Å²) >= 11 is 0. The zero-order valence-corrected chi connectivity index (χ0v) is 21.3. The minimum atomic E-state index is -4.09. The zero-order chi connectivity index (χ0) is 25.5. The Balaban J connectivity index is 1.79. The predicted octanol–water partition coefficient (Wildman–Crippen LogP) is 5.44. The lowest BCUT2D eigenvalue weighted by Gasteiger charge is -2.16. The van der Waals surface area contributed by atoms with E-state index in [1.54, 1.807) is 36.4 Å². The molecule has 4 aromatic rings. The second-order valence-electron chi connectivity index (χ2n) is 9.10. The molecule has 0 bridgehead atoms. The van der Waals surface area contributed by atoms with E-state index in [1.807, 2.05) is 0 Å². The van der Waals surface area contributed by atoms with Gasteiger partial charge >= 0.3 is 0 Å². The average Bonchev–Trinajstić information content (AvgIpc) is 3.50. The third kappa shape index (κ3) is 4.60. The summed E-state index contributed by atoms with van der Waals surface area (Å²) < 4.78 is 67.1. The number of rotatable bonds is 6. The summed E-state index contributed by atoms with van der Waals surface area (Å²) in [5, 5.41) is 0.356. The molecule has 2 aromatic heterocycles. The number of sulfone groups is 1. The van der Waals surface area contributed by atoms with Crippen molar-refractivity contribution in [3.63, 3.8) is 0 Å². The van der Waals surface area contributed by atoms with E-state index < -0.39 is 25.7 Å². The van der Waals surface area contributed by atoms with Crippen LogP contribution in [0.15, 0.2) is 88.8 Å². The normalized spacial score (nSPS) is 15.6. The molecule has 36 heavy (non-hydrogen) atoms. The molecular formula is C27H25FN2O4S2. The van der Waals surface area contributed by atoms with Crippen LogP contribution in [0, 0.1) is 11.7 Å². The molecule has 0 spiro atoms. The van der Waals surface area contributed by atoms with Gasteiger partial charge in [0.1, 0.15) is 5.82 Å². The number of nitrogens with zero attached hydrogens (tertiary/aromatic N) is 2. The van der Waals surface area contributed by atoms with E-state index in [0.29, 0.717) is 22.2 Å². The maximum Gasteiger partial charge on any atom is 0.269 e. The lowest BCUT2D eigenvalue weighted by molar-refractivity contribution is 0.587. The van der Waals surface area contributed by atoms with Gasteiger partial charge in [0.25, 0.3) is 10.0 Å². The van der Waals surface area contributed by atoms with Gasteiger partial charge in [-0.25, -0.2) is 30.2 Å². The highest BCUT2D eigenvalue weighted by Gasteiger charge is 2.27. The van der Waals surface area contributed by atoms with Gasteiger partial charge < -0.3 is 0 Å². The van der Waals surface area contributed by atoms with Crippen LogP contribution < -0.4 is 0 Å². The first-order chi connectivity index (χ1) is 17.1. The molecule has 1 saturated carbocycles. The second-order valence-corrected chi connectivity index (χ2v) is 12.9. The van der Waals surface area contributed by atoms with Crippen LogP contribution in [0.2, 0.25) is 0 Å². The summed E-state index contributed by atoms with van der Waals surface area (Å²) in [5.74, 6) is -0.327. The summed E-state index contributed by atoms with van der Waals surface area (Å²) in [4.78, 5) is 4.41. The number of benzene rings is 2. The number of hydrogen-bond acceptors (Lipinski definition) is 5. The smallest absolute Gasteiger partial charge is 0.234 e. The molecule has 0 aliphatic heterocycles. The van der Waals surface area contributed by atoms with Crippen molar-refractivity contribution < 1.29 is 21.2 Å². The van der Waals surface area contributed by atoms with E-state index >= 15 is 0 Å².